The van der Waals surface area contributed by atoms with Crippen LogP contribution in [0.4, 0.5) is 0 Å². The Kier molecular flexibility index (Phi) is 6.56. The predicted molar refractivity (Wildman–Crippen MR) is 76.3 cm³/mol. The Morgan fingerprint density at radius 2 is 2.05 bits per heavy atom. The van der Waals surface area contributed by atoms with E-state index in [1.807, 2.05) is 20.8 Å². The van der Waals surface area contributed by atoms with E-state index >= 15 is 0 Å². The van der Waals surface area contributed by atoms with Gasteiger partial charge in [-0.25, -0.2) is 0 Å². The normalized spacial score (nSPS) is 10.2. The molecule has 110 valence electrons. The molecule has 0 saturated heterocycles. The molecule has 0 aliphatic heterocycles. The monoisotopic (exact) mass is 279 g/mol. The van der Waals surface area contributed by atoms with E-state index in [0.717, 1.165) is 6.29 Å². The van der Waals surface area contributed by atoms with Gasteiger partial charge < -0.3 is 14.8 Å². The zero-order valence-corrected chi connectivity index (χ0v) is 12.1. The number of amides is 1. The lowest BCUT2D eigenvalue weighted by Gasteiger charge is -2.13. The molecule has 1 N–H and O–H groups in total. The number of aldehydes is 1. The molecule has 0 radical (unpaired) electrons. The topological polar surface area (TPSA) is 64.6 Å². The van der Waals surface area contributed by atoms with Gasteiger partial charge in [0.1, 0.15) is 6.29 Å². The smallest absolute Gasteiger partial charge is 0.257 e. The van der Waals surface area contributed by atoms with Gasteiger partial charge in [-0.15, -0.1) is 0 Å². The fraction of sp³-hybridized carbons (Fsp3) is 0.467. The number of benzene rings is 1. The summed E-state index contributed by atoms with van der Waals surface area (Å²) >= 11 is 0. The highest BCUT2D eigenvalue weighted by atomic mass is 16.5. The second-order valence-electron chi connectivity index (χ2n) is 4.74. The van der Waals surface area contributed by atoms with E-state index in [9.17, 15) is 9.59 Å². The first-order valence-electron chi connectivity index (χ1n) is 6.68. The van der Waals surface area contributed by atoms with Crippen LogP contribution in [0.3, 0.4) is 0 Å². The maximum Gasteiger partial charge on any atom is 0.257 e. The van der Waals surface area contributed by atoms with Gasteiger partial charge in [0, 0.05) is 12.1 Å². The number of nitrogens with one attached hydrogen (secondary N) is 1. The third kappa shape index (κ3) is 5.30. The zero-order chi connectivity index (χ0) is 15.0. The van der Waals surface area contributed by atoms with E-state index in [1.165, 1.54) is 0 Å². The zero-order valence-electron chi connectivity index (χ0n) is 12.1. The first-order chi connectivity index (χ1) is 9.56. The molecule has 1 amide bonds. The molecule has 1 rings (SSSR count). The van der Waals surface area contributed by atoms with Gasteiger partial charge in [-0.2, -0.15) is 0 Å². The molecular formula is C15H21NO4. The second-order valence-corrected chi connectivity index (χ2v) is 4.74. The van der Waals surface area contributed by atoms with Crippen LogP contribution >= 0.6 is 0 Å². The lowest BCUT2D eigenvalue weighted by Crippen LogP contribution is -2.31. The van der Waals surface area contributed by atoms with Gasteiger partial charge in [-0.3, -0.25) is 9.59 Å². The van der Waals surface area contributed by atoms with Crippen LogP contribution in [0.2, 0.25) is 0 Å². The molecule has 0 heterocycles. The van der Waals surface area contributed by atoms with Crippen molar-refractivity contribution in [3.05, 3.63) is 23.8 Å². The molecule has 0 bridgehead atoms. The Labute approximate surface area is 119 Å². The minimum atomic E-state index is -0.180. The molecule has 0 aromatic heterocycles. The van der Waals surface area contributed by atoms with Crippen molar-refractivity contribution in [3.8, 4) is 11.5 Å². The van der Waals surface area contributed by atoms with Crippen LogP contribution in [0.5, 0.6) is 11.5 Å². The second kappa shape index (κ2) is 8.19. The van der Waals surface area contributed by atoms with Crippen LogP contribution in [-0.2, 0) is 4.79 Å². The van der Waals surface area contributed by atoms with Crippen molar-refractivity contribution in [2.45, 2.75) is 20.8 Å². The highest BCUT2D eigenvalue weighted by Crippen LogP contribution is 2.27. The first kappa shape index (κ1) is 16.0. The Hall–Kier alpha value is -2.04. The largest absolute Gasteiger partial charge is 0.490 e. The van der Waals surface area contributed by atoms with Crippen LogP contribution in [-0.4, -0.2) is 32.0 Å². The summed E-state index contributed by atoms with van der Waals surface area (Å²) in [5, 5.41) is 2.77. The van der Waals surface area contributed by atoms with Crippen molar-refractivity contribution >= 4 is 12.2 Å². The fourth-order valence-corrected chi connectivity index (χ4v) is 1.50. The lowest BCUT2D eigenvalue weighted by molar-refractivity contribution is -0.123. The SMILES string of the molecule is CCOc1cc(C=O)ccc1OCC(=O)NCC(C)C. The third-order valence-electron chi connectivity index (χ3n) is 2.47. The molecule has 0 saturated carbocycles. The molecule has 5 heteroatoms. The first-order valence-corrected chi connectivity index (χ1v) is 6.68. The highest BCUT2D eigenvalue weighted by Gasteiger charge is 2.09. The summed E-state index contributed by atoms with van der Waals surface area (Å²) in [6, 6.07) is 4.85. The summed E-state index contributed by atoms with van der Waals surface area (Å²) < 4.78 is 10.8. The van der Waals surface area contributed by atoms with E-state index in [4.69, 9.17) is 9.47 Å². The minimum absolute atomic E-state index is 0.0762. The number of hydrogen-bond donors (Lipinski definition) is 1. The summed E-state index contributed by atoms with van der Waals surface area (Å²) in [7, 11) is 0. The van der Waals surface area contributed by atoms with Crippen LogP contribution in [0, 0.1) is 5.92 Å². The van der Waals surface area contributed by atoms with Crippen LogP contribution in [0.15, 0.2) is 18.2 Å². The van der Waals surface area contributed by atoms with Crippen molar-refractivity contribution in [1.82, 2.24) is 5.32 Å². The lowest BCUT2D eigenvalue weighted by atomic mass is 10.2. The van der Waals surface area contributed by atoms with Crippen molar-refractivity contribution in [1.29, 1.82) is 0 Å². The van der Waals surface area contributed by atoms with E-state index < -0.39 is 0 Å². The van der Waals surface area contributed by atoms with E-state index in [-0.39, 0.29) is 12.5 Å². The van der Waals surface area contributed by atoms with Crippen molar-refractivity contribution in [2.24, 2.45) is 5.92 Å². The van der Waals surface area contributed by atoms with E-state index in [2.05, 4.69) is 5.32 Å². The van der Waals surface area contributed by atoms with Crippen LogP contribution < -0.4 is 14.8 Å². The summed E-state index contributed by atoms with van der Waals surface area (Å²) in [5.41, 5.74) is 0.505. The molecule has 20 heavy (non-hydrogen) atoms. The molecule has 0 unspecified atom stereocenters. The van der Waals surface area contributed by atoms with Crippen LogP contribution in [0.25, 0.3) is 0 Å². The Morgan fingerprint density at radius 1 is 1.30 bits per heavy atom. The number of carbonyl (C=O) groups excluding carboxylic acids is 2. The quantitative estimate of drug-likeness (QED) is 0.740. The number of ether oxygens (including phenoxy) is 2. The molecule has 0 spiro atoms. The van der Waals surface area contributed by atoms with Gasteiger partial charge in [-0.1, -0.05) is 13.8 Å². The van der Waals surface area contributed by atoms with Crippen molar-refractivity contribution in [3.63, 3.8) is 0 Å². The van der Waals surface area contributed by atoms with E-state index in [1.54, 1.807) is 18.2 Å². The standard InChI is InChI=1S/C15H21NO4/c1-4-19-14-7-12(9-17)5-6-13(14)20-10-15(18)16-8-11(2)3/h5-7,9,11H,4,8,10H2,1-3H3,(H,16,18). The number of rotatable bonds is 8. The molecule has 0 aliphatic carbocycles. The van der Waals surface area contributed by atoms with Crippen molar-refractivity contribution in [2.75, 3.05) is 19.8 Å². The van der Waals surface area contributed by atoms with Gasteiger partial charge in [0.2, 0.25) is 0 Å². The average molecular weight is 279 g/mol. The number of hydrogen-bond acceptors (Lipinski definition) is 4. The van der Waals surface area contributed by atoms with Gasteiger partial charge in [0.15, 0.2) is 18.1 Å². The summed E-state index contributed by atoms with van der Waals surface area (Å²) in [6.07, 6.45) is 0.738. The van der Waals surface area contributed by atoms with Gasteiger partial charge in [0.25, 0.3) is 5.91 Å². The Bertz CT molecular complexity index is 457. The van der Waals surface area contributed by atoms with Gasteiger partial charge in [-0.05, 0) is 31.0 Å². The summed E-state index contributed by atoms with van der Waals surface area (Å²) in [5.74, 6) is 1.14. The Balaban J connectivity index is 2.62. The van der Waals surface area contributed by atoms with Gasteiger partial charge in [0.05, 0.1) is 6.61 Å². The van der Waals surface area contributed by atoms with Crippen molar-refractivity contribution < 1.29 is 19.1 Å². The molecule has 0 aliphatic rings. The summed E-state index contributed by atoms with van der Waals surface area (Å²) in [4.78, 5) is 22.3. The molecule has 0 fully saturated rings. The molecule has 1 aromatic carbocycles. The fourth-order valence-electron chi connectivity index (χ4n) is 1.50. The van der Waals surface area contributed by atoms with Gasteiger partial charge >= 0.3 is 0 Å². The highest BCUT2D eigenvalue weighted by molar-refractivity contribution is 5.78. The maximum atomic E-state index is 11.6. The minimum Gasteiger partial charge on any atom is -0.490 e. The molecular weight excluding hydrogens is 258 g/mol. The molecule has 5 nitrogen and oxygen atoms in total. The third-order valence-corrected chi connectivity index (χ3v) is 2.47. The predicted octanol–water partition coefficient (Wildman–Crippen LogP) is 2.05. The maximum absolute atomic E-state index is 11.6. The average Bonchev–Trinajstić information content (AvgIpc) is 2.43. The molecule has 1 aromatic rings. The van der Waals surface area contributed by atoms with E-state index in [0.29, 0.717) is 36.1 Å². The van der Waals surface area contributed by atoms with Crippen LogP contribution in [0.1, 0.15) is 31.1 Å². The number of carbonyl (C=O) groups is 2. The Morgan fingerprint density at radius 3 is 2.65 bits per heavy atom. The molecule has 0 atom stereocenters. The summed E-state index contributed by atoms with van der Waals surface area (Å²) in [6.45, 7) is 6.88.